The highest BCUT2D eigenvalue weighted by molar-refractivity contribution is 7.80. The number of benzene rings is 1. The van der Waals surface area contributed by atoms with Crippen molar-refractivity contribution < 1.29 is 5.11 Å². The highest BCUT2D eigenvalue weighted by atomic mass is 35.5. The van der Waals surface area contributed by atoms with Crippen LogP contribution in [0.25, 0.3) is 0 Å². The van der Waals surface area contributed by atoms with E-state index in [1.54, 1.807) is 13.0 Å². The molecule has 5 heteroatoms. The maximum Gasteiger partial charge on any atom is 0.168 e. The number of phenols is 1. The summed E-state index contributed by atoms with van der Waals surface area (Å²) in [6.07, 6.45) is 0. The lowest BCUT2D eigenvalue weighted by Crippen LogP contribution is -2.19. The Labute approximate surface area is 86.5 Å². The van der Waals surface area contributed by atoms with Crippen LogP contribution < -0.4 is 11.1 Å². The van der Waals surface area contributed by atoms with Gasteiger partial charge in [-0.3, -0.25) is 0 Å². The molecule has 1 aromatic carbocycles. The SMILES string of the molecule is Cc1cc(Cl)c(NC(N)=S)cc1O. The first-order valence-electron chi connectivity index (χ1n) is 3.56. The molecule has 70 valence electrons. The first-order chi connectivity index (χ1) is 6.00. The van der Waals surface area contributed by atoms with Gasteiger partial charge in [0.05, 0.1) is 10.7 Å². The minimum Gasteiger partial charge on any atom is -0.508 e. The third kappa shape index (κ3) is 2.47. The van der Waals surface area contributed by atoms with Gasteiger partial charge in [0.1, 0.15) is 5.75 Å². The van der Waals surface area contributed by atoms with Gasteiger partial charge in [-0.15, -0.1) is 0 Å². The van der Waals surface area contributed by atoms with Gasteiger partial charge >= 0.3 is 0 Å². The van der Waals surface area contributed by atoms with Gasteiger partial charge < -0.3 is 16.2 Å². The number of rotatable bonds is 1. The lowest BCUT2D eigenvalue weighted by Gasteiger charge is -2.08. The molecule has 0 amide bonds. The molecule has 0 aliphatic carbocycles. The molecular weight excluding hydrogens is 208 g/mol. The van der Waals surface area contributed by atoms with Gasteiger partial charge in [0, 0.05) is 6.07 Å². The summed E-state index contributed by atoms with van der Waals surface area (Å²) in [7, 11) is 0. The Kier molecular flexibility index (Phi) is 2.95. The Morgan fingerprint density at radius 1 is 1.62 bits per heavy atom. The number of nitrogens with two attached hydrogens (primary N) is 1. The van der Waals surface area contributed by atoms with E-state index in [2.05, 4.69) is 17.5 Å². The van der Waals surface area contributed by atoms with Crippen LogP contribution in [0.1, 0.15) is 5.56 Å². The molecule has 0 atom stereocenters. The average Bonchev–Trinajstić information content (AvgIpc) is 1.99. The zero-order chi connectivity index (χ0) is 10.0. The molecule has 4 N–H and O–H groups in total. The lowest BCUT2D eigenvalue weighted by molar-refractivity contribution is 0.471. The molecule has 0 bridgehead atoms. The molecule has 1 aromatic rings. The van der Waals surface area contributed by atoms with Gasteiger partial charge in [-0.05, 0) is 30.8 Å². The normalized spacial score (nSPS) is 9.69. The van der Waals surface area contributed by atoms with Crippen molar-refractivity contribution >= 4 is 34.6 Å². The predicted octanol–water partition coefficient (Wildman–Crippen LogP) is 2.01. The Balaban J connectivity index is 3.08. The highest BCUT2D eigenvalue weighted by Gasteiger charge is 2.04. The number of aryl methyl sites for hydroxylation is 1. The number of nitrogens with one attached hydrogen (secondary N) is 1. The summed E-state index contributed by atoms with van der Waals surface area (Å²) in [6.45, 7) is 1.76. The molecule has 0 unspecified atom stereocenters. The van der Waals surface area contributed by atoms with E-state index in [9.17, 15) is 5.11 Å². The number of anilines is 1. The number of halogens is 1. The van der Waals surface area contributed by atoms with E-state index in [-0.39, 0.29) is 10.9 Å². The van der Waals surface area contributed by atoms with Crippen molar-refractivity contribution in [3.63, 3.8) is 0 Å². The van der Waals surface area contributed by atoms with Crippen molar-refractivity contribution in [1.82, 2.24) is 0 Å². The second-order valence-corrected chi connectivity index (χ2v) is 3.45. The fourth-order valence-electron chi connectivity index (χ4n) is 0.890. The van der Waals surface area contributed by atoms with Crippen LogP contribution >= 0.6 is 23.8 Å². The van der Waals surface area contributed by atoms with Gasteiger partial charge in [-0.2, -0.15) is 0 Å². The van der Waals surface area contributed by atoms with Crippen molar-refractivity contribution in [3.05, 3.63) is 22.7 Å². The summed E-state index contributed by atoms with van der Waals surface area (Å²) in [4.78, 5) is 0. The summed E-state index contributed by atoms with van der Waals surface area (Å²) in [5.74, 6) is 0.156. The third-order valence-corrected chi connectivity index (χ3v) is 1.96. The molecule has 0 heterocycles. The van der Waals surface area contributed by atoms with E-state index >= 15 is 0 Å². The van der Waals surface area contributed by atoms with Crippen LogP contribution in [-0.2, 0) is 0 Å². The van der Waals surface area contributed by atoms with Crippen LogP contribution in [0, 0.1) is 6.92 Å². The smallest absolute Gasteiger partial charge is 0.168 e. The molecule has 0 saturated carbocycles. The van der Waals surface area contributed by atoms with E-state index in [1.807, 2.05) is 0 Å². The first-order valence-corrected chi connectivity index (χ1v) is 4.35. The van der Waals surface area contributed by atoms with Crippen LogP contribution in [-0.4, -0.2) is 10.2 Å². The van der Waals surface area contributed by atoms with Crippen LogP contribution in [0.15, 0.2) is 12.1 Å². The fraction of sp³-hybridized carbons (Fsp3) is 0.125. The second kappa shape index (κ2) is 3.81. The maximum absolute atomic E-state index is 9.35. The Morgan fingerprint density at radius 3 is 2.77 bits per heavy atom. The first kappa shape index (κ1) is 10.1. The molecule has 0 aliphatic heterocycles. The van der Waals surface area contributed by atoms with Crippen LogP contribution in [0.4, 0.5) is 5.69 Å². The molecule has 0 aliphatic rings. The second-order valence-electron chi connectivity index (χ2n) is 2.61. The highest BCUT2D eigenvalue weighted by Crippen LogP contribution is 2.29. The van der Waals surface area contributed by atoms with E-state index in [4.69, 9.17) is 17.3 Å². The van der Waals surface area contributed by atoms with Gasteiger partial charge in [0.15, 0.2) is 5.11 Å². The predicted molar refractivity (Wildman–Crippen MR) is 58.3 cm³/mol. The number of thiocarbonyl (C=S) groups is 1. The number of hydrogen-bond acceptors (Lipinski definition) is 2. The minimum absolute atomic E-state index is 0.116. The van der Waals surface area contributed by atoms with E-state index < -0.39 is 0 Å². The Bertz CT molecular complexity index is 354. The van der Waals surface area contributed by atoms with Crippen molar-refractivity contribution in [2.24, 2.45) is 5.73 Å². The average molecular weight is 217 g/mol. The zero-order valence-corrected chi connectivity index (χ0v) is 8.54. The molecule has 0 radical (unpaired) electrons. The number of aromatic hydroxyl groups is 1. The van der Waals surface area contributed by atoms with Crippen molar-refractivity contribution in [2.45, 2.75) is 6.92 Å². The number of phenolic OH excluding ortho intramolecular Hbond substituents is 1. The molecular formula is C8H9ClN2OS. The monoisotopic (exact) mass is 216 g/mol. The Hall–Kier alpha value is -1.00. The summed E-state index contributed by atoms with van der Waals surface area (Å²) in [6, 6.07) is 3.12. The van der Waals surface area contributed by atoms with Crippen molar-refractivity contribution in [1.29, 1.82) is 0 Å². The summed E-state index contributed by atoms with van der Waals surface area (Å²) < 4.78 is 0. The van der Waals surface area contributed by atoms with Crippen molar-refractivity contribution in [2.75, 3.05) is 5.32 Å². The van der Waals surface area contributed by atoms with Gasteiger partial charge in [0.2, 0.25) is 0 Å². The quantitative estimate of drug-likeness (QED) is 0.629. The van der Waals surface area contributed by atoms with Crippen molar-refractivity contribution in [3.8, 4) is 5.75 Å². The third-order valence-electron chi connectivity index (χ3n) is 1.54. The number of hydrogen-bond donors (Lipinski definition) is 3. The molecule has 0 saturated heterocycles. The van der Waals surface area contributed by atoms with E-state index in [1.165, 1.54) is 6.07 Å². The van der Waals surface area contributed by atoms with Gasteiger partial charge in [-0.1, -0.05) is 11.6 Å². The van der Waals surface area contributed by atoms with Crippen LogP contribution in [0.5, 0.6) is 5.75 Å². The molecule has 13 heavy (non-hydrogen) atoms. The summed E-state index contributed by atoms with van der Waals surface area (Å²) in [5, 5.41) is 12.6. The summed E-state index contributed by atoms with van der Waals surface area (Å²) >= 11 is 10.5. The minimum atomic E-state index is 0.116. The Morgan fingerprint density at radius 2 is 2.23 bits per heavy atom. The van der Waals surface area contributed by atoms with Crippen LogP contribution in [0.2, 0.25) is 5.02 Å². The van der Waals surface area contributed by atoms with Crippen LogP contribution in [0.3, 0.4) is 0 Å². The largest absolute Gasteiger partial charge is 0.508 e. The zero-order valence-electron chi connectivity index (χ0n) is 6.97. The molecule has 0 aromatic heterocycles. The summed E-state index contributed by atoms with van der Waals surface area (Å²) in [5.41, 5.74) is 6.48. The molecule has 0 fully saturated rings. The molecule has 3 nitrogen and oxygen atoms in total. The standard InChI is InChI=1S/C8H9ClN2OS/c1-4-2-5(9)6(3-7(4)12)11-8(10)13/h2-3,12H,1H3,(H3,10,11,13). The topological polar surface area (TPSA) is 58.3 Å². The molecule has 0 spiro atoms. The molecule has 1 rings (SSSR count). The van der Waals surface area contributed by atoms with Gasteiger partial charge in [0.25, 0.3) is 0 Å². The van der Waals surface area contributed by atoms with E-state index in [0.717, 1.165) is 0 Å². The maximum atomic E-state index is 9.35. The lowest BCUT2D eigenvalue weighted by atomic mass is 10.2. The van der Waals surface area contributed by atoms with Gasteiger partial charge in [-0.25, -0.2) is 0 Å². The van der Waals surface area contributed by atoms with E-state index in [0.29, 0.717) is 16.3 Å². The fourth-order valence-corrected chi connectivity index (χ4v) is 1.27.